The predicted octanol–water partition coefficient (Wildman–Crippen LogP) is 1.71. The third-order valence-corrected chi connectivity index (χ3v) is 5.77. The summed E-state index contributed by atoms with van der Waals surface area (Å²) >= 11 is 0. The van der Waals surface area contributed by atoms with Crippen molar-refractivity contribution in [2.75, 3.05) is 53.0 Å². The first-order chi connectivity index (χ1) is 16.6. The van der Waals surface area contributed by atoms with E-state index in [-0.39, 0.29) is 17.6 Å². The fraction of sp³-hybridized carbons (Fsp3) is 0.375. The van der Waals surface area contributed by atoms with E-state index in [1.54, 1.807) is 35.0 Å². The molecule has 9 nitrogen and oxygen atoms in total. The number of aromatic nitrogens is 3. The zero-order valence-corrected chi connectivity index (χ0v) is 19.2. The molecule has 10 heteroatoms. The van der Waals surface area contributed by atoms with Crippen LogP contribution in [-0.4, -0.2) is 88.9 Å². The highest BCUT2D eigenvalue weighted by molar-refractivity contribution is 5.97. The van der Waals surface area contributed by atoms with Crippen LogP contribution in [0.5, 0.6) is 0 Å². The summed E-state index contributed by atoms with van der Waals surface area (Å²) < 4.78 is 21.9. The Morgan fingerprint density at radius 1 is 1.09 bits per heavy atom. The normalized spacial score (nSPS) is 14.4. The van der Waals surface area contributed by atoms with Crippen molar-refractivity contribution in [3.05, 3.63) is 66.4 Å². The molecule has 0 unspecified atom stereocenters. The second-order valence-electron chi connectivity index (χ2n) is 8.13. The zero-order valence-electron chi connectivity index (χ0n) is 19.2. The second kappa shape index (κ2) is 11.1. The van der Waals surface area contributed by atoms with Gasteiger partial charge >= 0.3 is 0 Å². The van der Waals surface area contributed by atoms with Gasteiger partial charge in [-0.05, 0) is 42.8 Å². The Morgan fingerprint density at radius 3 is 2.47 bits per heavy atom. The van der Waals surface area contributed by atoms with Gasteiger partial charge in [0, 0.05) is 58.8 Å². The first-order valence-corrected chi connectivity index (χ1v) is 11.3. The van der Waals surface area contributed by atoms with Crippen molar-refractivity contribution in [3.8, 4) is 11.5 Å². The van der Waals surface area contributed by atoms with Gasteiger partial charge in [0.15, 0.2) is 5.82 Å². The van der Waals surface area contributed by atoms with Crippen molar-refractivity contribution < 1.29 is 18.7 Å². The number of amides is 2. The molecule has 3 aromatic rings. The summed E-state index contributed by atoms with van der Waals surface area (Å²) in [4.78, 5) is 29.4. The molecule has 1 aliphatic heterocycles. The molecule has 0 spiro atoms. The van der Waals surface area contributed by atoms with E-state index in [0.717, 1.165) is 6.42 Å². The topological polar surface area (TPSA) is 84.6 Å². The molecule has 3 heterocycles. The van der Waals surface area contributed by atoms with Gasteiger partial charge in [0.1, 0.15) is 11.4 Å². The standard InChI is InChI=1S/C24H29FN6O3/c1-34-16-4-9-26-22(32)18-28-12-14-30(15-13-28)24(33)21-17-27-31(20-7-5-19(25)6-8-20)23(21)29-10-2-3-11-29/h2-3,5-8,10-11,17H,4,9,12-16,18H2,1H3,(H,26,32). The molecule has 2 amide bonds. The van der Waals surface area contributed by atoms with Gasteiger partial charge in [0.25, 0.3) is 5.91 Å². The van der Waals surface area contributed by atoms with E-state index in [9.17, 15) is 14.0 Å². The van der Waals surface area contributed by atoms with Gasteiger partial charge in [-0.1, -0.05) is 0 Å². The summed E-state index contributed by atoms with van der Waals surface area (Å²) in [6, 6.07) is 9.73. The Balaban J connectivity index is 1.43. The van der Waals surface area contributed by atoms with E-state index in [1.807, 2.05) is 34.0 Å². The molecule has 0 saturated carbocycles. The molecule has 4 rings (SSSR count). The number of halogens is 1. The largest absolute Gasteiger partial charge is 0.385 e. The Labute approximate surface area is 197 Å². The average Bonchev–Trinajstić information content (AvgIpc) is 3.52. The van der Waals surface area contributed by atoms with E-state index < -0.39 is 0 Å². The number of hydrogen-bond acceptors (Lipinski definition) is 5. The number of piperazine rings is 1. The fourth-order valence-corrected chi connectivity index (χ4v) is 3.97. The SMILES string of the molecule is COCCCNC(=O)CN1CCN(C(=O)c2cnn(-c3ccc(F)cc3)c2-n2cccc2)CC1. The Morgan fingerprint density at radius 2 is 1.79 bits per heavy atom. The molecule has 180 valence electrons. The number of carbonyl (C=O) groups is 2. The smallest absolute Gasteiger partial charge is 0.259 e. The zero-order chi connectivity index (χ0) is 23.9. The number of rotatable bonds is 9. The lowest BCUT2D eigenvalue weighted by atomic mass is 10.2. The third-order valence-electron chi connectivity index (χ3n) is 5.77. The lowest BCUT2D eigenvalue weighted by Gasteiger charge is -2.34. The first kappa shape index (κ1) is 23.7. The molecule has 0 bridgehead atoms. The number of carbonyl (C=O) groups excluding carboxylic acids is 2. The van der Waals surface area contributed by atoms with Crippen molar-refractivity contribution in [2.45, 2.75) is 6.42 Å². The van der Waals surface area contributed by atoms with Crippen LogP contribution >= 0.6 is 0 Å². The molecule has 2 aromatic heterocycles. The summed E-state index contributed by atoms with van der Waals surface area (Å²) in [5, 5.41) is 7.33. The average molecular weight is 469 g/mol. The molecule has 1 aliphatic rings. The van der Waals surface area contributed by atoms with Gasteiger partial charge < -0.3 is 19.5 Å². The molecule has 1 fully saturated rings. The maximum Gasteiger partial charge on any atom is 0.259 e. The number of hydrogen-bond donors (Lipinski definition) is 1. The maximum atomic E-state index is 13.4. The number of nitrogens with one attached hydrogen (secondary N) is 1. The summed E-state index contributed by atoms with van der Waals surface area (Å²) in [5.74, 6) is 0.114. The van der Waals surface area contributed by atoms with Gasteiger partial charge in [-0.2, -0.15) is 5.10 Å². The van der Waals surface area contributed by atoms with Crippen LogP contribution in [0.25, 0.3) is 11.5 Å². The van der Waals surface area contributed by atoms with E-state index in [4.69, 9.17) is 4.74 Å². The van der Waals surface area contributed by atoms with Crippen LogP contribution in [0.2, 0.25) is 0 Å². The highest BCUT2D eigenvalue weighted by Crippen LogP contribution is 2.22. The van der Waals surface area contributed by atoms with Crippen molar-refractivity contribution in [2.24, 2.45) is 0 Å². The first-order valence-electron chi connectivity index (χ1n) is 11.3. The van der Waals surface area contributed by atoms with Gasteiger partial charge in [-0.15, -0.1) is 0 Å². The summed E-state index contributed by atoms with van der Waals surface area (Å²) in [6.45, 7) is 3.77. The second-order valence-corrected chi connectivity index (χ2v) is 8.13. The van der Waals surface area contributed by atoms with Crippen LogP contribution in [0, 0.1) is 5.82 Å². The van der Waals surface area contributed by atoms with Crippen LogP contribution in [0.1, 0.15) is 16.8 Å². The lowest BCUT2D eigenvalue weighted by molar-refractivity contribution is -0.122. The number of benzene rings is 1. The van der Waals surface area contributed by atoms with Crippen molar-refractivity contribution >= 4 is 11.8 Å². The minimum absolute atomic E-state index is 0.0219. The van der Waals surface area contributed by atoms with Crippen LogP contribution in [0.15, 0.2) is 55.0 Å². The summed E-state index contributed by atoms with van der Waals surface area (Å²) in [6.07, 6.45) is 6.02. The molecule has 1 saturated heterocycles. The van der Waals surface area contributed by atoms with Crippen LogP contribution < -0.4 is 5.32 Å². The molecule has 0 aliphatic carbocycles. The quantitative estimate of drug-likeness (QED) is 0.484. The van der Waals surface area contributed by atoms with E-state index in [0.29, 0.717) is 62.9 Å². The van der Waals surface area contributed by atoms with Gasteiger partial charge in [0.2, 0.25) is 5.91 Å². The van der Waals surface area contributed by atoms with Crippen molar-refractivity contribution in [1.29, 1.82) is 0 Å². The van der Waals surface area contributed by atoms with Gasteiger partial charge in [0.05, 0.1) is 18.4 Å². The molecule has 1 aromatic carbocycles. The van der Waals surface area contributed by atoms with Gasteiger partial charge in [-0.3, -0.25) is 14.5 Å². The van der Waals surface area contributed by atoms with Crippen LogP contribution in [0.3, 0.4) is 0 Å². The Bertz CT molecular complexity index is 1090. The monoisotopic (exact) mass is 468 g/mol. The number of ether oxygens (including phenoxy) is 1. The highest BCUT2D eigenvalue weighted by Gasteiger charge is 2.27. The van der Waals surface area contributed by atoms with Gasteiger partial charge in [-0.25, -0.2) is 9.07 Å². The van der Waals surface area contributed by atoms with Crippen molar-refractivity contribution in [3.63, 3.8) is 0 Å². The third kappa shape index (κ3) is 5.52. The summed E-state index contributed by atoms with van der Waals surface area (Å²) in [5.41, 5.74) is 1.12. The van der Waals surface area contributed by atoms with Crippen LogP contribution in [0.4, 0.5) is 4.39 Å². The summed E-state index contributed by atoms with van der Waals surface area (Å²) in [7, 11) is 1.64. The highest BCUT2D eigenvalue weighted by atomic mass is 19.1. The van der Waals surface area contributed by atoms with E-state index in [2.05, 4.69) is 10.4 Å². The maximum absolute atomic E-state index is 13.4. The molecule has 0 radical (unpaired) electrons. The van der Waals surface area contributed by atoms with E-state index >= 15 is 0 Å². The molecule has 1 N–H and O–H groups in total. The fourth-order valence-electron chi connectivity index (χ4n) is 3.97. The predicted molar refractivity (Wildman–Crippen MR) is 125 cm³/mol. The number of nitrogens with zero attached hydrogens (tertiary/aromatic N) is 5. The van der Waals surface area contributed by atoms with Crippen LogP contribution in [-0.2, 0) is 9.53 Å². The minimum Gasteiger partial charge on any atom is -0.385 e. The van der Waals surface area contributed by atoms with Crippen molar-refractivity contribution in [1.82, 2.24) is 29.5 Å². The number of methoxy groups -OCH3 is 1. The molecular weight excluding hydrogens is 439 g/mol. The lowest BCUT2D eigenvalue weighted by Crippen LogP contribution is -2.51. The molecule has 0 atom stereocenters. The Kier molecular flexibility index (Phi) is 7.71. The minimum atomic E-state index is -0.337. The molecule has 34 heavy (non-hydrogen) atoms. The van der Waals surface area contributed by atoms with E-state index in [1.165, 1.54) is 12.1 Å². The molecular formula is C24H29FN6O3. The Hall–Kier alpha value is -3.50.